The highest BCUT2D eigenvalue weighted by molar-refractivity contribution is 5.34. The van der Waals surface area contributed by atoms with Gasteiger partial charge in [-0.2, -0.15) is 5.10 Å². The summed E-state index contributed by atoms with van der Waals surface area (Å²) in [6, 6.07) is 1.85. The zero-order valence-corrected chi connectivity index (χ0v) is 8.57. The fourth-order valence-electron chi connectivity index (χ4n) is 0.890. The molecule has 1 aromatic rings. The van der Waals surface area contributed by atoms with Crippen molar-refractivity contribution in [3.05, 3.63) is 12.3 Å². The van der Waals surface area contributed by atoms with E-state index >= 15 is 0 Å². The average molecular weight is 183 g/mol. The van der Waals surface area contributed by atoms with E-state index in [9.17, 15) is 5.11 Å². The first-order chi connectivity index (χ1) is 5.89. The van der Waals surface area contributed by atoms with Crippen molar-refractivity contribution < 1.29 is 5.11 Å². The van der Waals surface area contributed by atoms with Gasteiger partial charge in [-0.1, -0.05) is 0 Å². The van der Waals surface area contributed by atoms with Crippen LogP contribution in [0.2, 0.25) is 0 Å². The van der Waals surface area contributed by atoms with Crippen molar-refractivity contribution in [1.29, 1.82) is 0 Å². The third kappa shape index (κ3) is 2.73. The van der Waals surface area contributed by atoms with Gasteiger partial charge in [0.1, 0.15) is 5.82 Å². The van der Waals surface area contributed by atoms with Crippen LogP contribution in [0.15, 0.2) is 12.3 Å². The molecule has 1 unspecified atom stereocenters. The molecule has 0 aliphatic rings. The predicted molar refractivity (Wildman–Crippen MR) is 52.6 cm³/mol. The van der Waals surface area contributed by atoms with Gasteiger partial charge < -0.3 is 10.4 Å². The molecule has 1 rings (SSSR count). The van der Waals surface area contributed by atoms with E-state index < -0.39 is 5.60 Å². The zero-order valence-electron chi connectivity index (χ0n) is 8.57. The molecule has 0 aromatic carbocycles. The molecule has 0 saturated carbocycles. The van der Waals surface area contributed by atoms with Crippen LogP contribution in [0.25, 0.3) is 0 Å². The maximum Gasteiger partial charge on any atom is 0.148 e. The quantitative estimate of drug-likeness (QED) is 0.734. The Balaban J connectivity index is 2.60. The van der Waals surface area contributed by atoms with Crippen LogP contribution in [0.1, 0.15) is 20.8 Å². The lowest BCUT2D eigenvalue weighted by Crippen LogP contribution is -2.39. The maximum absolute atomic E-state index is 9.66. The van der Waals surface area contributed by atoms with Gasteiger partial charge in [-0.15, -0.1) is 0 Å². The summed E-state index contributed by atoms with van der Waals surface area (Å²) in [5, 5.41) is 16.9. The second-order valence-electron chi connectivity index (χ2n) is 3.89. The molecule has 0 amide bonds. The molecule has 2 N–H and O–H groups in total. The highest BCUT2D eigenvalue weighted by Gasteiger charge is 2.22. The summed E-state index contributed by atoms with van der Waals surface area (Å²) in [5.74, 6) is 0.789. The highest BCUT2D eigenvalue weighted by atomic mass is 16.3. The normalized spacial score (nSPS) is 14.2. The molecule has 4 nitrogen and oxygen atoms in total. The van der Waals surface area contributed by atoms with Crippen LogP contribution in [-0.2, 0) is 7.05 Å². The van der Waals surface area contributed by atoms with Gasteiger partial charge in [0.25, 0.3) is 0 Å². The van der Waals surface area contributed by atoms with Gasteiger partial charge in [0, 0.05) is 19.3 Å². The molecule has 0 aliphatic heterocycles. The van der Waals surface area contributed by atoms with Crippen LogP contribution < -0.4 is 5.32 Å². The minimum Gasteiger partial charge on any atom is -0.388 e. The molecule has 0 radical (unpaired) electrons. The Kier molecular flexibility index (Phi) is 2.61. The fraction of sp³-hybridized carbons (Fsp3) is 0.667. The molecule has 0 aliphatic carbocycles. The Morgan fingerprint density at radius 2 is 2.23 bits per heavy atom. The number of rotatable bonds is 3. The first-order valence-electron chi connectivity index (χ1n) is 4.38. The minimum atomic E-state index is -0.739. The van der Waals surface area contributed by atoms with E-state index in [1.54, 1.807) is 18.5 Å². The van der Waals surface area contributed by atoms with Crippen LogP contribution in [0.4, 0.5) is 5.82 Å². The van der Waals surface area contributed by atoms with Crippen LogP contribution in [0.5, 0.6) is 0 Å². The van der Waals surface area contributed by atoms with Crippen LogP contribution >= 0.6 is 0 Å². The van der Waals surface area contributed by atoms with E-state index in [1.807, 2.05) is 26.2 Å². The molecular weight excluding hydrogens is 166 g/mol. The summed E-state index contributed by atoms with van der Waals surface area (Å²) >= 11 is 0. The molecule has 74 valence electrons. The van der Waals surface area contributed by atoms with Crippen LogP contribution in [0.3, 0.4) is 0 Å². The molecule has 4 heteroatoms. The Morgan fingerprint density at radius 3 is 2.62 bits per heavy atom. The molecule has 0 spiro atoms. The Labute approximate surface area is 78.6 Å². The number of nitrogens with one attached hydrogen (secondary N) is 1. The van der Waals surface area contributed by atoms with Crippen molar-refractivity contribution >= 4 is 5.82 Å². The standard InChI is InChI=1S/C9H17N3O/c1-7(9(2,3)13)10-8-5-6-12(4)11-8/h5-7,13H,1-4H3,(H,10,11). The molecular formula is C9H17N3O. The van der Waals surface area contributed by atoms with Gasteiger partial charge in [-0.3, -0.25) is 4.68 Å². The summed E-state index contributed by atoms with van der Waals surface area (Å²) in [4.78, 5) is 0. The van der Waals surface area contributed by atoms with Gasteiger partial charge >= 0.3 is 0 Å². The summed E-state index contributed by atoms with van der Waals surface area (Å²) in [7, 11) is 1.86. The zero-order chi connectivity index (χ0) is 10.1. The maximum atomic E-state index is 9.66. The van der Waals surface area contributed by atoms with E-state index in [0.29, 0.717) is 0 Å². The van der Waals surface area contributed by atoms with Gasteiger partial charge in [0.2, 0.25) is 0 Å². The SMILES string of the molecule is CC(Nc1ccn(C)n1)C(C)(C)O. The third-order valence-corrected chi connectivity index (χ3v) is 2.14. The molecule has 1 heterocycles. The van der Waals surface area contributed by atoms with Crippen molar-refractivity contribution in [3.63, 3.8) is 0 Å². The van der Waals surface area contributed by atoms with E-state index in [-0.39, 0.29) is 6.04 Å². The third-order valence-electron chi connectivity index (χ3n) is 2.14. The number of aromatic nitrogens is 2. The Bertz CT molecular complexity index is 275. The first-order valence-corrected chi connectivity index (χ1v) is 4.38. The summed E-state index contributed by atoms with van der Waals surface area (Å²) < 4.78 is 1.72. The summed E-state index contributed by atoms with van der Waals surface area (Å²) in [6.07, 6.45) is 1.86. The van der Waals surface area contributed by atoms with Gasteiger partial charge in [-0.05, 0) is 20.8 Å². The van der Waals surface area contributed by atoms with E-state index in [0.717, 1.165) is 5.82 Å². The lowest BCUT2D eigenvalue weighted by molar-refractivity contribution is 0.0647. The highest BCUT2D eigenvalue weighted by Crippen LogP contribution is 2.13. The number of aliphatic hydroxyl groups is 1. The van der Waals surface area contributed by atoms with Crippen molar-refractivity contribution in [3.8, 4) is 0 Å². The van der Waals surface area contributed by atoms with Crippen LogP contribution in [-0.4, -0.2) is 26.5 Å². The number of aryl methyl sites for hydroxylation is 1. The fourth-order valence-corrected chi connectivity index (χ4v) is 0.890. The molecule has 0 fully saturated rings. The van der Waals surface area contributed by atoms with Crippen molar-refractivity contribution in [2.24, 2.45) is 7.05 Å². The number of hydrogen-bond donors (Lipinski definition) is 2. The second kappa shape index (κ2) is 3.38. The van der Waals surface area contributed by atoms with E-state index in [1.165, 1.54) is 0 Å². The van der Waals surface area contributed by atoms with Crippen molar-refractivity contribution in [2.45, 2.75) is 32.4 Å². The van der Waals surface area contributed by atoms with Crippen molar-refractivity contribution in [2.75, 3.05) is 5.32 Å². The van der Waals surface area contributed by atoms with Crippen molar-refractivity contribution in [1.82, 2.24) is 9.78 Å². The number of nitrogens with zero attached hydrogens (tertiary/aromatic N) is 2. The van der Waals surface area contributed by atoms with Gasteiger partial charge in [0.15, 0.2) is 0 Å². The average Bonchev–Trinajstić information content (AvgIpc) is 2.33. The molecule has 1 atom stereocenters. The summed E-state index contributed by atoms with van der Waals surface area (Å²) in [5.41, 5.74) is -0.739. The van der Waals surface area contributed by atoms with Gasteiger partial charge in [0.05, 0.1) is 11.6 Å². The molecule has 1 aromatic heterocycles. The monoisotopic (exact) mass is 183 g/mol. The molecule has 0 bridgehead atoms. The van der Waals surface area contributed by atoms with E-state index in [2.05, 4.69) is 10.4 Å². The molecule has 13 heavy (non-hydrogen) atoms. The number of anilines is 1. The smallest absolute Gasteiger partial charge is 0.148 e. The van der Waals surface area contributed by atoms with Crippen LogP contribution in [0, 0.1) is 0 Å². The number of hydrogen-bond acceptors (Lipinski definition) is 3. The predicted octanol–water partition coefficient (Wildman–Crippen LogP) is 0.991. The lowest BCUT2D eigenvalue weighted by Gasteiger charge is -2.26. The lowest BCUT2D eigenvalue weighted by atomic mass is 10.0. The summed E-state index contributed by atoms with van der Waals surface area (Å²) in [6.45, 7) is 5.47. The Hall–Kier alpha value is -1.03. The Morgan fingerprint density at radius 1 is 1.62 bits per heavy atom. The second-order valence-corrected chi connectivity index (χ2v) is 3.89. The van der Waals surface area contributed by atoms with Gasteiger partial charge in [-0.25, -0.2) is 0 Å². The molecule has 0 saturated heterocycles. The first kappa shape index (κ1) is 10.1. The minimum absolute atomic E-state index is 0.0256. The van der Waals surface area contributed by atoms with E-state index in [4.69, 9.17) is 0 Å². The topological polar surface area (TPSA) is 50.1 Å². The largest absolute Gasteiger partial charge is 0.388 e.